The van der Waals surface area contributed by atoms with Crippen molar-refractivity contribution in [3.63, 3.8) is 0 Å². The molecule has 0 atom stereocenters. The lowest BCUT2D eigenvalue weighted by Crippen LogP contribution is -2.44. The van der Waals surface area contributed by atoms with Gasteiger partial charge in [-0.15, -0.1) is 0 Å². The van der Waals surface area contributed by atoms with E-state index < -0.39 is 0 Å². The first kappa shape index (κ1) is 14.9. The first-order valence-corrected chi connectivity index (χ1v) is 7.04. The minimum atomic E-state index is -0.261. The molecule has 0 aromatic carbocycles. The summed E-state index contributed by atoms with van der Waals surface area (Å²) in [6.45, 7) is 4.02. The highest BCUT2D eigenvalue weighted by Gasteiger charge is 2.22. The fourth-order valence-electron chi connectivity index (χ4n) is 2.23. The first-order valence-electron chi connectivity index (χ1n) is 7.04. The number of amides is 1. The van der Waals surface area contributed by atoms with Gasteiger partial charge in [0.15, 0.2) is 5.82 Å². The van der Waals surface area contributed by atoms with E-state index in [2.05, 4.69) is 10.1 Å². The van der Waals surface area contributed by atoms with E-state index in [1.807, 2.05) is 18.9 Å². The Morgan fingerprint density at radius 2 is 2.20 bits per heavy atom. The summed E-state index contributed by atoms with van der Waals surface area (Å²) < 4.78 is 5.11. The van der Waals surface area contributed by atoms with Crippen molar-refractivity contribution in [2.45, 2.75) is 38.8 Å². The Bertz CT molecular complexity index is 441. The Labute approximate surface area is 118 Å². The van der Waals surface area contributed by atoms with Crippen LogP contribution in [0.3, 0.4) is 0 Å². The second-order valence-electron chi connectivity index (χ2n) is 5.24. The molecule has 0 unspecified atom stereocenters. The van der Waals surface area contributed by atoms with Gasteiger partial charge < -0.3 is 14.5 Å². The molecule has 1 aromatic rings. The molecule has 0 radical (unpaired) electrons. The minimum Gasteiger partial charge on any atom is -0.393 e. The van der Waals surface area contributed by atoms with E-state index in [0.717, 1.165) is 6.42 Å². The Morgan fingerprint density at radius 1 is 1.50 bits per heavy atom. The Kier molecular flexibility index (Phi) is 5.08. The van der Waals surface area contributed by atoms with Crippen LogP contribution in [0, 0.1) is 0 Å². The van der Waals surface area contributed by atoms with E-state index in [-0.39, 0.29) is 12.0 Å². The summed E-state index contributed by atoms with van der Waals surface area (Å²) in [7, 11) is 1.85. The van der Waals surface area contributed by atoms with Crippen molar-refractivity contribution in [1.29, 1.82) is 0 Å². The molecule has 112 valence electrons. The van der Waals surface area contributed by atoms with Gasteiger partial charge in [0.2, 0.25) is 11.8 Å². The molecule has 1 aliphatic heterocycles. The third-order valence-electron chi connectivity index (χ3n) is 3.45. The van der Waals surface area contributed by atoms with Crippen LogP contribution >= 0.6 is 0 Å². The zero-order valence-electron chi connectivity index (χ0n) is 12.1. The van der Waals surface area contributed by atoms with Crippen LogP contribution in [0.4, 0.5) is 0 Å². The molecule has 1 amide bonds. The van der Waals surface area contributed by atoms with Gasteiger partial charge in [0, 0.05) is 19.5 Å². The number of aliphatic hydroxyl groups is 1. The molecule has 1 saturated heterocycles. The van der Waals surface area contributed by atoms with Gasteiger partial charge in [-0.05, 0) is 19.9 Å². The quantitative estimate of drug-likeness (QED) is 0.821. The van der Waals surface area contributed by atoms with Gasteiger partial charge in [0.25, 0.3) is 0 Å². The third-order valence-corrected chi connectivity index (χ3v) is 3.45. The topological polar surface area (TPSA) is 82.7 Å². The van der Waals surface area contributed by atoms with Gasteiger partial charge in [-0.2, -0.15) is 4.98 Å². The van der Waals surface area contributed by atoms with Crippen LogP contribution in [0.1, 0.15) is 31.5 Å². The molecule has 2 rings (SSSR count). The molecule has 0 saturated carbocycles. The van der Waals surface area contributed by atoms with Crippen LogP contribution < -0.4 is 0 Å². The van der Waals surface area contributed by atoms with E-state index in [4.69, 9.17) is 4.52 Å². The smallest absolute Gasteiger partial charge is 0.240 e. The van der Waals surface area contributed by atoms with E-state index >= 15 is 0 Å². The molecule has 0 bridgehead atoms. The van der Waals surface area contributed by atoms with Crippen LogP contribution in [0.2, 0.25) is 0 Å². The van der Waals surface area contributed by atoms with Gasteiger partial charge in [0.05, 0.1) is 19.2 Å². The van der Waals surface area contributed by atoms with Gasteiger partial charge in [-0.25, -0.2) is 0 Å². The fourth-order valence-corrected chi connectivity index (χ4v) is 2.23. The second kappa shape index (κ2) is 6.81. The molecule has 1 aliphatic rings. The van der Waals surface area contributed by atoms with Gasteiger partial charge >= 0.3 is 0 Å². The molecule has 1 N–H and O–H groups in total. The molecule has 7 heteroatoms. The van der Waals surface area contributed by atoms with Crippen molar-refractivity contribution in [3.05, 3.63) is 11.7 Å². The van der Waals surface area contributed by atoms with Crippen molar-refractivity contribution in [1.82, 2.24) is 19.9 Å². The van der Waals surface area contributed by atoms with E-state index in [1.54, 1.807) is 4.90 Å². The summed E-state index contributed by atoms with van der Waals surface area (Å²) in [6, 6.07) is 0. The van der Waals surface area contributed by atoms with E-state index in [1.165, 1.54) is 0 Å². The maximum atomic E-state index is 12.1. The summed E-state index contributed by atoms with van der Waals surface area (Å²) in [4.78, 5) is 20.0. The standard InChI is InChI=1S/C13H22N4O3/c1-3-11-14-12(20-15-11)8-16(2)9-13(19)17-6-4-10(18)5-7-17/h10,18H,3-9H2,1-2H3. The fraction of sp³-hybridized carbons (Fsp3) is 0.769. The van der Waals surface area contributed by atoms with Crippen molar-refractivity contribution in [3.8, 4) is 0 Å². The zero-order chi connectivity index (χ0) is 14.5. The van der Waals surface area contributed by atoms with Crippen molar-refractivity contribution < 1.29 is 14.4 Å². The zero-order valence-corrected chi connectivity index (χ0v) is 12.1. The molecule has 7 nitrogen and oxygen atoms in total. The molecule has 20 heavy (non-hydrogen) atoms. The van der Waals surface area contributed by atoms with Crippen molar-refractivity contribution in [2.75, 3.05) is 26.7 Å². The lowest BCUT2D eigenvalue weighted by molar-refractivity contribution is -0.134. The maximum absolute atomic E-state index is 12.1. The number of carbonyl (C=O) groups excluding carboxylic acids is 1. The molecular weight excluding hydrogens is 260 g/mol. The largest absolute Gasteiger partial charge is 0.393 e. The van der Waals surface area contributed by atoms with Crippen LogP contribution in [-0.4, -0.2) is 63.7 Å². The molecule has 1 aromatic heterocycles. The number of aliphatic hydroxyl groups excluding tert-OH is 1. The lowest BCUT2D eigenvalue weighted by atomic mass is 10.1. The van der Waals surface area contributed by atoms with Crippen molar-refractivity contribution >= 4 is 5.91 Å². The number of carbonyl (C=O) groups is 1. The summed E-state index contributed by atoms with van der Waals surface area (Å²) >= 11 is 0. The van der Waals surface area contributed by atoms with Crippen molar-refractivity contribution in [2.24, 2.45) is 0 Å². The summed E-state index contributed by atoms with van der Waals surface area (Å²) in [5, 5.41) is 13.3. The number of aromatic nitrogens is 2. The summed E-state index contributed by atoms with van der Waals surface area (Å²) in [5.74, 6) is 1.30. The molecule has 0 spiro atoms. The second-order valence-corrected chi connectivity index (χ2v) is 5.24. The van der Waals surface area contributed by atoms with Gasteiger partial charge in [-0.1, -0.05) is 12.1 Å². The monoisotopic (exact) mass is 282 g/mol. The number of piperidine rings is 1. The third kappa shape index (κ3) is 4.01. The predicted molar refractivity (Wildman–Crippen MR) is 71.8 cm³/mol. The summed E-state index contributed by atoms with van der Waals surface area (Å²) in [5.41, 5.74) is 0. The normalized spacial score (nSPS) is 16.9. The molecule has 0 aliphatic carbocycles. The maximum Gasteiger partial charge on any atom is 0.240 e. The average Bonchev–Trinajstić information content (AvgIpc) is 2.86. The average molecular weight is 282 g/mol. The lowest BCUT2D eigenvalue weighted by Gasteiger charge is -2.30. The van der Waals surface area contributed by atoms with E-state index in [9.17, 15) is 9.90 Å². The Morgan fingerprint density at radius 3 is 2.80 bits per heavy atom. The Hall–Kier alpha value is -1.47. The number of aryl methyl sites for hydroxylation is 1. The summed E-state index contributed by atoms with van der Waals surface area (Å²) in [6.07, 6.45) is 1.81. The highest BCUT2D eigenvalue weighted by molar-refractivity contribution is 5.78. The number of rotatable bonds is 5. The number of hydrogen-bond donors (Lipinski definition) is 1. The van der Waals surface area contributed by atoms with Crippen LogP contribution in [-0.2, 0) is 17.8 Å². The number of nitrogens with zero attached hydrogens (tertiary/aromatic N) is 4. The molecule has 2 heterocycles. The highest BCUT2D eigenvalue weighted by atomic mass is 16.5. The number of hydrogen-bond acceptors (Lipinski definition) is 6. The molecular formula is C13H22N4O3. The van der Waals surface area contributed by atoms with Crippen LogP contribution in [0.5, 0.6) is 0 Å². The first-order chi connectivity index (χ1) is 9.58. The van der Waals surface area contributed by atoms with E-state index in [0.29, 0.717) is 50.7 Å². The number of likely N-dealkylation sites (tertiary alicyclic amines) is 1. The van der Waals surface area contributed by atoms with Gasteiger partial charge in [-0.3, -0.25) is 9.69 Å². The van der Waals surface area contributed by atoms with Crippen LogP contribution in [0.25, 0.3) is 0 Å². The SMILES string of the molecule is CCc1noc(CN(C)CC(=O)N2CCC(O)CC2)n1. The predicted octanol–water partition coefficient (Wildman–Crippen LogP) is 0.0471. The van der Waals surface area contributed by atoms with Gasteiger partial charge in [0.1, 0.15) is 0 Å². The highest BCUT2D eigenvalue weighted by Crippen LogP contribution is 2.10. The van der Waals surface area contributed by atoms with Crippen LogP contribution in [0.15, 0.2) is 4.52 Å². The molecule has 1 fully saturated rings. The minimum absolute atomic E-state index is 0.0784. The number of likely N-dealkylation sites (N-methyl/N-ethyl adjacent to an activating group) is 1. The Balaban J connectivity index is 1.78.